The van der Waals surface area contributed by atoms with E-state index in [1.165, 1.54) is 10.8 Å². The van der Waals surface area contributed by atoms with Crippen LogP contribution in [0.15, 0.2) is 33.5 Å². The van der Waals surface area contributed by atoms with Crippen LogP contribution in [-0.4, -0.2) is 19.6 Å². The lowest BCUT2D eigenvalue weighted by Crippen LogP contribution is -2.01. The minimum Gasteiger partial charge on any atom is -0.437 e. The van der Waals surface area contributed by atoms with E-state index in [9.17, 15) is 0 Å². The lowest BCUT2D eigenvalue weighted by molar-refractivity contribution is 0.439. The van der Waals surface area contributed by atoms with Crippen LogP contribution in [0.3, 0.4) is 0 Å². The maximum atomic E-state index is 6.09. The smallest absolute Gasteiger partial charge is 0.256 e. The van der Waals surface area contributed by atoms with E-state index < -0.39 is 0 Å². The molecule has 3 aromatic rings. The summed E-state index contributed by atoms with van der Waals surface area (Å²) in [5.41, 5.74) is 0.694. The Morgan fingerprint density at radius 2 is 2.10 bits per heavy atom. The molecule has 3 rings (SSSR count). The van der Waals surface area contributed by atoms with E-state index >= 15 is 0 Å². The number of ether oxygens (including phenoxy) is 1. The molecule has 0 radical (unpaired) electrons. The Balaban J connectivity index is 2.14. The van der Waals surface area contributed by atoms with Crippen LogP contribution in [0.5, 0.6) is 11.6 Å². The zero-order valence-electron chi connectivity index (χ0n) is 10.1. The normalized spacial score (nSPS) is 11.0. The highest BCUT2D eigenvalue weighted by molar-refractivity contribution is 9.11. The van der Waals surface area contributed by atoms with Crippen molar-refractivity contribution in [2.24, 2.45) is 0 Å². The van der Waals surface area contributed by atoms with Gasteiger partial charge >= 0.3 is 0 Å². The van der Waals surface area contributed by atoms with Crippen molar-refractivity contribution in [1.29, 1.82) is 0 Å². The average Bonchev–Trinajstić information content (AvgIpc) is 2.85. The molecule has 102 valence electrons. The Morgan fingerprint density at radius 1 is 1.30 bits per heavy atom. The summed E-state index contributed by atoms with van der Waals surface area (Å²) >= 11 is 12.9. The molecule has 5 nitrogen and oxygen atoms in total. The summed E-state index contributed by atoms with van der Waals surface area (Å²) in [5.74, 6) is 1.53. The summed E-state index contributed by atoms with van der Waals surface area (Å²) in [6.45, 7) is 1.82. The minimum atomic E-state index is 0.341. The first-order valence-electron chi connectivity index (χ1n) is 5.55. The summed E-state index contributed by atoms with van der Waals surface area (Å²) in [6.07, 6.45) is 1.40. The molecule has 0 spiro atoms. The second-order valence-electron chi connectivity index (χ2n) is 3.98. The van der Waals surface area contributed by atoms with Gasteiger partial charge in [-0.15, -0.1) is 0 Å². The molecular formula is C12H7Br2ClN4O. The van der Waals surface area contributed by atoms with Crippen LogP contribution in [0.1, 0.15) is 5.56 Å². The van der Waals surface area contributed by atoms with Gasteiger partial charge in [0.15, 0.2) is 0 Å². The third kappa shape index (κ3) is 2.41. The molecule has 20 heavy (non-hydrogen) atoms. The van der Waals surface area contributed by atoms with E-state index in [1.54, 1.807) is 0 Å². The third-order valence-corrected chi connectivity index (χ3v) is 4.13. The SMILES string of the molecule is Cc1c(Cl)nc2ncnn2c1Oc1ccc(Br)cc1Br. The summed E-state index contributed by atoms with van der Waals surface area (Å²) in [4.78, 5) is 8.15. The molecule has 1 aromatic carbocycles. The third-order valence-electron chi connectivity index (χ3n) is 2.65. The molecule has 0 aliphatic carbocycles. The molecule has 0 fully saturated rings. The number of fused-ring (bicyclic) bond motifs is 1. The highest BCUT2D eigenvalue weighted by atomic mass is 79.9. The number of nitrogens with zero attached hydrogens (tertiary/aromatic N) is 4. The predicted octanol–water partition coefficient (Wildman–Crippen LogP) is 4.40. The topological polar surface area (TPSA) is 52.3 Å². The van der Waals surface area contributed by atoms with Crippen LogP contribution in [0.25, 0.3) is 5.78 Å². The van der Waals surface area contributed by atoms with Gasteiger partial charge in [0, 0.05) is 10.0 Å². The van der Waals surface area contributed by atoms with Gasteiger partial charge in [-0.2, -0.15) is 19.6 Å². The maximum absolute atomic E-state index is 6.09. The number of hydrogen-bond acceptors (Lipinski definition) is 4. The summed E-state index contributed by atoms with van der Waals surface area (Å²) in [6, 6.07) is 5.62. The second-order valence-corrected chi connectivity index (χ2v) is 6.11. The maximum Gasteiger partial charge on any atom is 0.256 e. The molecule has 0 saturated carbocycles. The van der Waals surface area contributed by atoms with Crippen molar-refractivity contribution in [3.8, 4) is 11.6 Å². The number of benzene rings is 1. The first-order chi connectivity index (χ1) is 9.56. The predicted molar refractivity (Wildman–Crippen MR) is 82.4 cm³/mol. The fourth-order valence-electron chi connectivity index (χ4n) is 1.66. The minimum absolute atomic E-state index is 0.341. The van der Waals surface area contributed by atoms with Gasteiger partial charge in [-0.25, -0.2) is 0 Å². The van der Waals surface area contributed by atoms with Gasteiger partial charge in [-0.3, -0.25) is 0 Å². The molecule has 0 bridgehead atoms. The van der Waals surface area contributed by atoms with Crippen molar-refractivity contribution in [2.45, 2.75) is 6.92 Å². The number of rotatable bonds is 2. The molecule has 0 N–H and O–H groups in total. The summed E-state index contributed by atoms with van der Waals surface area (Å²) in [7, 11) is 0. The number of aromatic nitrogens is 4. The van der Waals surface area contributed by atoms with Crippen LogP contribution in [0, 0.1) is 6.92 Å². The highest BCUT2D eigenvalue weighted by Crippen LogP contribution is 2.34. The van der Waals surface area contributed by atoms with Crippen molar-refractivity contribution in [2.75, 3.05) is 0 Å². The lowest BCUT2D eigenvalue weighted by Gasteiger charge is -2.12. The first kappa shape index (κ1) is 13.8. The van der Waals surface area contributed by atoms with Gasteiger partial charge in [0.1, 0.15) is 17.2 Å². The Bertz CT molecular complexity index is 805. The fourth-order valence-corrected chi connectivity index (χ4v) is 2.94. The standard InChI is InChI=1S/C12H7Br2ClN4O/c1-6-10(15)18-12-16-5-17-19(12)11(6)20-9-3-2-7(13)4-8(9)14/h2-5H,1H3. The average molecular weight is 418 g/mol. The Labute approximate surface area is 136 Å². The Hall–Kier alpha value is -1.18. The van der Waals surface area contributed by atoms with Crippen LogP contribution in [0.4, 0.5) is 0 Å². The van der Waals surface area contributed by atoms with Gasteiger partial charge in [0.25, 0.3) is 5.78 Å². The quantitative estimate of drug-likeness (QED) is 0.579. The van der Waals surface area contributed by atoms with E-state index in [4.69, 9.17) is 16.3 Å². The molecule has 2 heterocycles. The number of hydrogen-bond donors (Lipinski definition) is 0. The largest absolute Gasteiger partial charge is 0.437 e. The summed E-state index contributed by atoms with van der Waals surface area (Å²) in [5, 5.41) is 4.44. The van der Waals surface area contributed by atoms with Crippen molar-refractivity contribution in [3.05, 3.63) is 44.2 Å². The second kappa shape index (κ2) is 5.31. The van der Waals surface area contributed by atoms with E-state index in [0.29, 0.717) is 28.1 Å². The fraction of sp³-hybridized carbons (Fsp3) is 0.0833. The van der Waals surface area contributed by atoms with E-state index in [-0.39, 0.29) is 0 Å². The van der Waals surface area contributed by atoms with Gasteiger partial charge in [0.2, 0.25) is 5.88 Å². The molecule has 0 aliphatic heterocycles. The molecular weight excluding hydrogens is 411 g/mol. The Morgan fingerprint density at radius 3 is 2.85 bits per heavy atom. The van der Waals surface area contributed by atoms with Crippen molar-refractivity contribution < 1.29 is 4.74 Å². The van der Waals surface area contributed by atoms with Crippen molar-refractivity contribution in [3.63, 3.8) is 0 Å². The van der Waals surface area contributed by atoms with Gasteiger partial charge < -0.3 is 4.74 Å². The first-order valence-corrected chi connectivity index (χ1v) is 7.51. The van der Waals surface area contributed by atoms with Crippen LogP contribution in [-0.2, 0) is 0 Å². The zero-order chi connectivity index (χ0) is 14.3. The van der Waals surface area contributed by atoms with Crippen LogP contribution in [0.2, 0.25) is 5.15 Å². The molecule has 0 amide bonds. The molecule has 0 unspecified atom stereocenters. The van der Waals surface area contributed by atoms with Crippen molar-refractivity contribution in [1.82, 2.24) is 19.6 Å². The molecule has 0 saturated heterocycles. The zero-order valence-corrected chi connectivity index (χ0v) is 14.1. The monoisotopic (exact) mass is 416 g/mol. The van der Waals surface area contributed by atoms with Gasteiger partial charge in [-0.1, -0.05) is 27.5 Å². The van der Waals surface area contributed by atoms with E-state index in [2.05, 4.69) is 46.9 Å². The lowest BCUT2D eigenvalue weighted by atomic mass is 10.3. The van der Waals surface area contributed by atoms with E-state index in [0.717, 1.165) is 8.95 Å². The molecule has 0 atom stereocenters. The van der Waals surface area contributed by atoms with Gasteiger partial charge in [-0.05, 0) is 41.1 Å². The summed E-state index contributed by atoms with van der Waals surface area (Å²) < 4.78 is 9.19. The molecule has 2 aromatic heterocycles. The molecule has 0 aliphatic rings. The van der Waals surface area contributed by atoms with Crippen molar-refractivity contribution >= 4 is 49.2 Å². The van der Waals surface area contributed by atoms with E-state index in [1.807, 2.05) is 25.1 Å². The molecule has 8 heteroatoms. The van der Waals surface area contributed by atoms with Crippen LogP contribution < -0.4 is 4.74 Å². The van der Waals surface area contributed by atoms with Gasteiger partial charge in [0.05, 0.1) is 4.47 Å². The Kier molecular flexibility index (Phi) is 3.66. The highest BCUT2D eigenvalue weighted by Gasteiger charge is 2.15. The van der Waals surface area contributed by atoms with Crippen LogP contribution >= 0.6 is 43.5 Å². The number of halogens is 3.